The molecule has 3 rings (SSSR count). The lowest BCUT2D eigenvalue weighted by atomic mass is 9.95. The summed E-state index contributed by atoms with van der Waals surface area (Å²) in [5.74, 6) is 0.00266. The number of rotatable bonds is 5. The normalized spacial score (nSPS) is 19.7. The van der Waals surface area contributed by atoms with E-state index >= 15 is 0 Å². The molecule has 5 heteroatoms. The Bertz CT molecular complexity index is 713. The largest absolute Gasteiger partial charge is 0.338 e. The summed E-state index contributed by atoms with van der Waals surface area (Å²) in [6, 6.07) is 8.35. The summed E-state index contributed by atoms with van der Waals surface area (Å²) in [4.78, 5) is 29.6. The molecular weight excluding hydrogens is 326 g/mol. The first-order chi connectivity index (χ1) is 12.5. The van der Waals surface area contributed by atoms with Gasteiger partial charge in [-0.2, -0.15) is 5.26 Å². The highest BCUT2D eigenvalue weighted by molar-refractivity contribution is 5.95. The average Bonchev–Trinajstić information content (AvgIpc) is 3.45. The Morgan fingerprint density at radius 2 is 1.88 bits per heavy atom. The van der Waals surface area contributed by atoms with E-state index in [1.54, 1.807) is 0 Å². The SMILES string of the molecule is Cc1cc(C)cc(C(=O)N2CCCC(C(=O)N(CCC#N)C3CC3)C2)c1. The summed E-state index contributed by atoms with van der Waals surface area (Å²) in [5.41, 5.74) is 2.86. The highest BCUT2D eigenvalue weighted by Gasteiger charge is 2.37. The predicted molar refractivity (Wildman–Crippen MR) is 99.5 cm³/mol. The van der Waals surface area contributed by atoms with Crippen molar-refractivity contribution >= 4 is 11.8 Å². The van der Waals surface area contributed by atoms with Crippen molar-refractivity contribution in [3.63, 3.8) is 0 Å². The fraction of sp³-hybridized carbons (Fsp3) is 0.571. The zero-order valence-electron chi connectivity index (χ0n) is 15.7. The lowest BCUT2D eigenvalue weighted by Crippen LogP contribution is -2.47. The molecule has 1 saturated carbocycles. The van der Waals surface area contributed by atoms with E-state index in [0.29, 0.717) is 37.7 Å². The summed E-state index contributed by atoms with van der Waals surface area (Å²) in [6.07, 6.45) is 4.12. The summed E-state index contributed by atoms with van der Waals surface area (Å²) >= 11 is 0. The maximum Gasteiger partial charge on any atom is 0.253 e. The van der Waals surface area contributed by atoms with Crippen molar-refractivity contribution in [3.05, 3.63) is 34.9 Å². The Balaban J connectivity index is 1.69. The molecule has 0 radical (unpaired) electrons. The van der Waals surface area contributed by atoms with E-state index in [-0.39, 0.29) is 17.7 Å². The number of aryl methyl sites for hydroxylation is 2. The Hall–Kier alpha value is -2.35. The molecule has 1 atom stereocenters. The highest BCUT2D eigenvalue weighted by Crippen LogP contribution is 2.30. The minimum absolute atomic E-state index is 0.0179. The van der Waals surface area contributed by atoms with Crippen LogP contribution in [0.2, 0.25) is 0 Å². The van der Waals surface area contributed by atoms with Crippen molar-refractivity contribution in [2.45, 2.75) is 52.0 Å². The van der Waals surface area contributed by atoms with Gasteiger partial charge in [0.25, 0.3) is 5.91 Å². The van der Waals surface area contributed by atoms with Crippen molar-refractivity contribution < 1.29 is 9.59 Å². The van der Waals surface area contributed by atoms with Crippen molar-refractivity contribution in [1.82, 2.24) is 9.80 Å². The predicted octanol–water partition coefficient (Wildman–Crippen LogP) is 3.06. The van der Waals surface area contributed by atoms with Gasteiger partial charge in [-0.3, -0.25) is 9.59 Å². The van der Waals surface area contributed by atoms with Gasteiger partial charge in [0.2, 0.25) is 5.91 Å². The molecule has 2 aliphatic rings. The number of likely N-dealkylation sites (tertiary alicyclic amines) is 1. The number of hydrogen-bond donors (Lipinski definition) is 0. The molecule has 2 fully saturated rings. The second-order valence-electron chi connectivity index (χ2n) is 7.64. The Morgan fingerprint density at radius 1 is 1.19 bits per heavy atom. The van der Waals surface area contributed by atoms with Crippen LogP contribution in [-0.2, 0) is 4.79 Å². The van der Waals surface area contributed by atoms with Crippen LogP contribution in [0.4, 0.5) is 0 Å². The van der Waals surface area contributed by atoms with Gasteiger partial charge in [0.15, 0.2) is 0 Å². The lowest BCUT2D eigenvalue weighted by molar-refractivity contribution is -0.137. The quantitative estimate of drug-likeness (QED) is 0.817. The molecule has 5 nitrogen and oxygen atoms in total. The van der Waals surface area contributed by atoms with Gasteiger partial charge in [0, 0.05) is 31.2 Å². The van der Waals surface area contributed by atoms with Gasteiger partial charge in [-0.15, -0.1) is 0 Å². The van der Waals surface area contributed by atoms with Gasteiger partial charge in [-0.1, -0.05) is 17.2 Å². The summed E-state index contributed by atoms with van der Waals surface area (Å²) in [5, 5.41) is 8.85. The van der Waals surface area contributed by atoms with Crippen LogP contribution >= 0.6 is 0 Å². The number of hydrogen-bond acceptors (Lipinski definition) is 3. The molecule has 1 aliphatic carbocycles. The molecule has 1 heterocycles. The summed E-state index contributed by atoms with van der Waals surface area (Å²) < 4.78 is 0. The number of nitriles is 1. The first-order valence-electron chi connectivity index (χ1n) is 9.54. The van der Waals surface area contributed by atoms with Crippen LogP contribution in [0, 0.1) is 31.1 Å². The topological polar surface area (TPSA) is 64.4 Å². The monoisotopic (exact) mass is 353 g/mol. The van der Waals surface area contributed by atoms with Gasteiger partial charge in [-0.25, -0.2) is 0 Å². The van der Waals surface area contributed by atoms with Crippen molar-refractivity contribution in [3.8, 4) is 6.07 Å². The van der Waals surface area contributed by atoms with Gasteiger partial charge >= 0.3 is 0 Å². The van der Waals surface area contributed by atoms with Gasteiger partial charge in [-0.05, 0) is 51.7 Å². The third kappa shape index (κ3) is 4.24. The van der Waals surface area contributed by atoms with Crippen LogP contribution in [0.15, 0.2) is 18.2 Å². The maximum absolute atomic E-state index is 13.0. The Kier molecular flexibility index (Phi) is 5.61. The molecule has 0 spiro atoms. The molecule has 0 bridgehead atoms. The molecular formula is C21H27N3O2. The molecule has 2 amide bonds. The standard InChI is InChI=1S/C21H27N3O2/c1-15-11-16(2)13-18(12-15)20(25)23-9-3-5-17(14-23)21(26)24(10-4-8-22)19-6-7-19/h11-13,17,19H,3-7,9-10,14H2,1-2H3. The molecule has 138 valence electrons. The number of piperidine rings is 1. The maximum atomic E-state index is 13.0. The number of nitrogens with zero attached hydrogens (tertiary/aromatic N) is 3. The van der Waals surface area contributed by atoms with Crippen molar-refractivity contribution in [2.75, 3.05) is 19.6 Å². The lowest BCUT2D eigenvalue weighted by Gasteiger charge is -2.35. The van der Waals surface area contributed by atoms with Crippen molar-refractivity contribution in [1.29, 1.82) is 5.26 Å². The van der Waals surface area contributed by atoms with E-state index in [2.05, 4.69) is 12.1 Å². The summed E-state index contributed by atoms with van der Waals surface area (Å²) in [6.45, 7) is 5.70. The van der Waals surface area contributed by atoms with E-state index in [4.69, 9.17) is 5.26 Å². The third-order valence-corrected chi connectivity index (χ3v) is 5.26. The Labute approximate surface area is 155 Å². The van der Waals surface area contributed by atoms with Crippen molar-refractivity contribution in [2.24, 2.45) is 5.92 Å². The van der Waals surface area contributed by atoms with Crippen LogP contribution in [-0.4, -0.2) is 47.3 Å². The zero-order valence-corrected chi connectivity index (χ0v) is 15.7. The highest BCUT2D eigenvalue weighted by atomic mass is 16.2. The van der Waals surface area contributed by atoms with Gasteiger partial charge < -0.3 is 9.80 Å². The molecule has 0 aromatic heterocycles. The van der Waals surface area contributed by atoms with E-state index in [1.165, 1.54) is 0 Å². The molecule has 1 aliphatic heterocycles. The molecule has 0 N–H and O–H groups in total. The van der Waals surface area contributed by atoms with E-state index in [9.17, 15) is 9.59 Å². The number of carbonyl (C=O) groups is 2. The fourth-order valence-electron chi connectivity index (χ4n) is 3.91. The number of carbonyl (C=O) groups excluding carboxylic acids is 2. The van der Waals surface area contributed by atoms with E-state index in [0.717, 1.165) is 36.8 Å². The number of amides is 2. The second kappa shape index (κ2) is 7.90. The number of benzene rings is 1. The van der Waals surface area contributed by atoms with Gasteiger partial charge in [0.1, 0.15) is 0 Å². The molecule has 26 heavy (non-hydrogen) atoms. The molecule has 1 saturated heterocycles. The van der Waals surface area contributed by atoms with Crippen LogP contribution in [0.25, 0.3) is 0 Å². The van der Waals surface area contributed by atoms with E-state index < -0.39 is 0 Å². The van der Waals surface area contributed by atoms with Crippen LogP contribution in [0.1, 0.15) is 53.6 Å². The third-order valence-electron chi connectivity index (χ3n) is 5.26. The van der Waals surface area contributed by atoms with Crippen LogP contribution < -0.4 is 0 Å². The van der Waals surface area contributed by atoms with Crippen LogP contribution in [0.5, 0.6) is 0 Å². The minimum atomic E-state index is -0.141. The molecule has 1 unspecified atom stereocenters. The zero-order chi connectivity index (χ0) is 18.7. The Morgan fingerprint density at radius 3 is 2.50 bits per heavy atom. The average molecular weight is 353 g/mol. The fourth-order valence-corrected chi connectivity index (χ4v) is 3.91. The minimum Gasteiger partial charge on any atom is -0.338 e. The van der Waals surface area contributed by atoms with Crippen LogP contribution in [0.3, 0.4) is 0 Å². The molecule has 1 aromatic carbocycles. The van der Waals surface area contributed by atoms with E-state index in [1.807, 2.05) is 35.8 Å². The smallest absolute Gasteiger partial charge is 0.253 e. The second-order valence-corrected chi connectivity index (χ2v) is 7.64. The first-order valence-corrected chi connectivity index (χ1v) is 9.54. The molecule has 1 aromatic rings. The first kappa shape index (κ1) is 18.4. The van der Waals surface area contributed by atoms with Gasteiger partial charge in [0.05, 0.1) is 18.4 Å². The summed E-state index contributed by atoms with van der Waals surface area (Å²) in [7, 11) is 0.